The fourth-order valence-electron chi connectivity index (χ4n) is 10.6. The molecule has 3 N–H and O–H groups in total. The molecule has 0 saturated heterocycles. The van der Waals surface area contributed by atoms with Crippen LogP contribution >= 0.6 is 11.8 Å². The molecule has 6 radical (unpaired) electrons. The van der Waals surface area contributed by atoms with Crippen molar-refractivity contribution in [3.63, 3.8) is 0 Å². The van der Waals surface area contributed by atoms with Crippen molar-refractivity contribution in [1.82, 2.24) is 4.57 Å². The molecule has 0 fully saturated rings. The first-order valence-electron chi connectivity index (χ1n) is 22.0. The summed E-state index contributed by atoms with van der Waals surface area (Å²) in [5.41, 5.74) is 7.01. The molecule has 0 bridgehead atoms. The molecular formula is C58H33B3N2O3S. The van der Waals surface area contributed by atoms with Crippen LogP contribution < -0.4 is 21.3 Å². The van der Waals surface area contributed by atoms with Gasteiger partial charge in [0.25, 0.3) is 0 Å². The topological polar surface area (TPSA) is 68.9 Å². The summed E-state index contributed by atoms with van der Waals surface area (Å²) in [6.07, 6.45) is 0. The van der Waals surface area contributed by atoms with Gasteiger partial charge in [-0.05, 0) is 96.9 Å². The van der Waals surface area contributed by atoms with E-state index >= 15 is 0 Å². The Labute approximate surface area is 393 Å². The molecular weight excluding hydrogens is 837 g/mol. The van der Waals surface area contributed by atoms with Gasteiger partial charge in [-0.1, -0.05) is 168 Å². The van der Waals surface area contributed by atoms with E-state index in [1.807, 2.05) is 120 Å². The zero-order valence-corrected chi connectivity index (χ0v) is 36.5. The van der Waals surface area contributed by atoms with E-state index in [1.54, 1.807) is 0 Å². The lowest BCUT2D eigenvalue weighted by molar-refractivity contribution is 0.396. The Bertz CT molecular complexity index is 4110. The van der Waals surface area contributed by atoms with Gasteiger partial charge in [0, 0.05) is 26.7 Å². The van der Waals surface area contributed by atoms with Gasteiger partial charge in [0.1, 0.15) is 35.0 Å². The molecule has 0 atom stereocenters. The highest BCUT2D eigenvalue weighted by Gasteiger charge is 2.38. The van der Waals surface area contributed by atoms with E-state index < -0.39 is 11.5 Å². The van der Waals surface area contributed by atoms with Gasteiger partial charge in [-0.25, -0.2) is 0 Å². The average molecular weight is 870 g/mol. The summed E-state index contributed by atoms with van der Waals surface area (Å²) in [6.45, 7) is 0. The molecule has 0 aliphatic carbocycles. The maximum Gasteiger partial charge on any atom is 0.184 e. The number of anilines is 3. The van der Waals surface area contributed by atoms with Gasteiger partial charge in [0.15, 0.2) is 11.5 Å². The van der Waals surface area contributed by atoms with E-state index in [0.29, 0.717) is 32.9 Å². The van der Waals surface area contributed by atoms with Gasteiger partial charge in [-0.3, -0.25) is 0 Å². The van der Waals surface area contributed by atoms with Crippen molar-refractivity contribution in [2.75, 3.05) is 4.90 Å². The number of benzene rings is 11. The maximum atomic E-state index is 12.9. The third-order valence-electron chi connectivity index (χ3n) is 13.5. The molecule has 1 aromatic heterocycles. The Kier molecular flexibility index (Phi) is 8.67. The van der Waals surface area contributed by atoms with E-state index in [0.717, 1.165) is 76.1 Å². The molecule has 0 unspecified atom stereocenters. The molecule has 5 nitrogen and oxygen atoms in total. The predicted octanol–water partition coefficient (Wildman–Crippen LogP) is 12.2. The smallest absolute Gasteiger partial charge is 0.184 e. The number of para-hydroxylation sites is 2. The summed E-state index contributed by atoms with van der Waals surface area (Å²) in [5.74, 6) is -1.15. The molecule has 1 aliphatic heterocycles. The molecule has 9 heteroatoms. The zero-order chi connectivity index (χ0) is 45.2. The molecule has 13 rings (SSSR count). The Morgan fingerprint density at radius 3 is 1.67 bits per heavy atom. The quantitative estimate of drug-likeness (QED) is 0.0711. The molecule has 11 aromatic carbocycles. The summed E-state index contributed by atoms with van der Waals surface area (Å²) in [4.78, 5) is 2.64. The summed E-state index contributed by atoms with van der Waals surface area (Å²) in [7, 11) is 22.1. The van der Waals surface area contributed by atoms with Crippen LogP contribution in [0.15, 0.2) is 192 Å². The summed E-state index contributed by atoms with van der Waals surface area (Å²) in [5, 5.41) is 47.7. The predicted molar refractivity (Wildman–Crippen MR) is 282 cm³/mol. The number of nitrogens with zero attached hydrogens (tertiary/aromatic N) is 2. The number of fused-ring (bicyclic) bond motifs is 11. The lowest BCUT2D eigenvalue weighted by atomic mass is 9.69. The Morgan fingerprint density at radius 1 is 0.388 bits per heavy atom. The first-order valence-corrected chi connectivity index (χ1v) is 22.8. The van der Waals surface area contributed by atoms with Crippen LogP contribution in [0.5, 0.6) is 17.2 Å². The van der Waals surface area contributed by atoms with Crippen molar-refractivity contribution in [1.29, 1.82) is 0 Å². The fourth-order valence-corrected chi connectivity index (χ4v) is 11.8. The standard InChI is InChI=1S/C58H33B3N2O3S/c59-49-48(43-28-31-14-4-6-18-35(31)37-20-8-9-22-39(37)43)50(60)57-52(51(49)61)63(46-30-32-15-5-7-19-36(32)38-21-10-11-23-40(38)46)53-56(66)54(64)47(55(65)58(53)67-57)33-26-27-45-42(29-33)41-24-12-13-25-44(41)62(45)34-16-2-1-3-17-34/h1-30,64-66H. The molecule has 308 valence electrons. The van der Waals surface area contributed by atoms with Gasteiger partial charge < -0.3 is 24.8 Å². The molecule has 2 heterocycles. The van der Waals surface area contributed by atoms with Gasteiger partial charge in [0.05, 0.1) is 32.9 Å². The number of hydrogen-bond acceptors (Lipinski definition) is 5. The molecule has 0 amide bonds. The van der Waals surface area contributed by atoms with Crippen LogP contribution in [0.2, 0.25) is 0 Å². The van der Waals surface area contributed by atoms with Gasteiger partial charge in [-0.15, -0.1) is 0 Å². The second kappa shape index (κ2) is 14.8. The zero-order valence-electron chi connectivity index (χ0n) is 35.7. The van der Waals surface area contributed by atoms with Gasteiger partial charge >= 0.3 is 0 Å². The van der Waals surface area contributed by atoms with Crippen LogP contribution in [0.3, 0.4) is 0 Å². The highest BCUT2D eigenvalue weighted by molar-refractivity contribution is 8.00. The van der Waals surface area contributed by atoms with E-state index in [-0.39, 0.29) is 32.8 Å². The minimum atomic E-state index is -0.486. The van der Waals surface area contributed by atoms with Crippen molar-refractivity contribution in [2.24, 2.45) is 0 Å². The number of phenolic OH excluding ortho intramolecular Hbond substituents is 3. The van der Waals surface area contributed by atoms with Crippen LogP contribution in [-0.4, -0.2) is 43.4 Å². The molecule has 12 aromatic rings. The lowest BCUT2D eigenvalue weighted by Crippen LogP contribution is -2.39. The first kappa shape index (κ1) is 39.4. The van der Waals surface area contributed by atoms with Gasteiger partial charge in [0.2, 0.25) is 0 Å². The van der Waals surface area contributed by atoms with Crippen molar-refractivity contribution < 1.29 is 15.3 Å². The minimum absolute atomic E-state index is 0.0803. The fraction of sp³-hybridized carbons (Fsp3) is 0. The van der Waals surface area contributed by atoms with Crippen LogP contribution in [0.1, 0.15) is 0 Å². The third-order valence-corrected chi connectivity index (χ3v) is 14.8. The Balaban J connectivity index is 1.11. The number of phenols is 3. The van der Waals surface area contributed by atoms with Crippen molar-refractivity contribution in [3.8, 4) is 45.2 Å². The molecule has 1 aliphatic rings. The monoisotopic (exact) mass is 870 g/mol. The van der Waals surface area contributed by atoms with Crippen LogP contribution in [0.4, 0.5) is 17.1 Å². The van der Waals surface area contributed by atoms with E-state index in [9.17, 15) is 15.3 Å². The molecule has 0 spiro atoms. The maximum absolute atomic E-state index is 12.9. The van der Waals surface area contributed by atoms with Gasteiger partial charge in [-0.2, -0.15) is 0 Å². The Morgan fingerprint density at radius 2 is 0.955 bits per heavy atom. The van der Waals surface area contributed by atoms with E-state index in [4.69, 9.17) is 23.5 Å². The first-order chi connectivity index (χ1) is 32.8. The number of aromatic hydroxyl groups is 3. The van der Waals surface area contributed by atoms with Crippen LogP contribution in [0.25, 0.3) is 92.8 Å². The van der Waals surface area contributed by atoms with Crippen LogP contribution in [-0.2, 0) is 0 Å². The largest absolute Gasteiger partial charge is 0.506 e. The molecule has 67 heavy (non-hydrogen) atoms. The highest BCUT2D eigenvalue weighted by Crippen LogP contribution is 2.63. The summed E-state index contributed by atoms with van der Waals surface area (Å²) in [6, 6.07) is 60.8. The number of hydrogen-bond donors (Lipinski definition) is 3. The number of aromatic nitrogens is 1. The van der Waals surface area contributed by atoms with Crippen molar-refractivity contribution in [3.05, 3.63) is 182 Å². The molecule has 0 saturated carbocycles. The average Bonchev–Trinajstić information content (AvgIpc) is 3.70. The normalized spacial score (nSPS) is 12.4. The summed E-state index contributed by atoms with van der Waals surface area (Å²) < 4.78 is 2.20. The van der Waals surface area contributed by atoms with Crippen LogP contribution in [0, 0.1) is 0 Å². The lowest BCUT2D eigenvalue weighted by Gasteiger charge is -2.39. The third kappa shape index (κ3) is 5.61. The second-order valence-corrected chi connectivity index (χ2v) is 18.1. The van der Waals surface area contributed by atoms with Crippen molar-refractivity contribution >= 4 is 134 Å². The van der Waals surface area contributed by atoms with E-state index in [2.05, 4.69) is 71.3 Å². The summed E-state index contributed by atoms with van der Waals surface area (Å²) >= 11 is 1.20. The van der Waals surface area contributed by atoms with E-state index in [1.165, 1.54) is 11.8 Å². The SMILES string of the molecule is [B]c1c([B])c2c(c([B])c1-c1cc3ccccc3c3ccccc13)Sc1c(O)c(-c3ccc4c(c3)c3ccccc3n4-c3ccccc3)c(O)c(O)c1N2c1cc2ccccc2c2ccccc12. The highest BCUT2D eigenvalue weighted by atomic mass is 32.2. The van der Waals surface area contributed by atoms with Crippen molar-refractivity contribution in [2.45, 2.75) is 9.79 Å². The minimum Gasteiger partial charge on any atom is -0.506 e. The Hall–Kier alpha value is -8.00. The number of rotatable bonds is 4. The second-order valence-electron chi connectivity index (χ2n) is 17.1.